The molecule has 0 saturated heterocycles. The predicted molar refractivity (Wildman–Crippen MR) is 50.1 cm³/mol. The third-order valence-electron chi connectivity index (χ3n) is 1.18. The van der Waals surface area contributed by atoms with Crippen LogP contribution in [0.5, 0.6) is 5.88 Å². The number of carboxylic acid groups (broad SMARTS) is 1. The second-order valence-corrected chi connectivity index (χ2v) is 2.15. The van der Waals surface area contributed by atoms with Crippen molar-refractivity contribution in [2.45, 2.75) is 26.7 Å². The lowest BCUT2D eigenvalue weighted by Gasteiger charge is -1.98. The van der Waals surface area contributed by atoms with Gasteiger partial charge in [0.25, 0.3) is 5.88 Å². The number of carbonyl (C=O) groups is 1. The van der Waals surface area contributed by atoms with E-state index in [0.717, 1.165) is 0 Å². The molecular weight excluding hydrogens is 186 g/mol. The quantitative estimate of drug-likeness (QED) is 0.696. The van der Waals surface area contributed by atoms with Gasteiger partial charge in [-0.25, -0.2) is 0 Å². The molecule has 0 radical (unpaired) electrons. The second kappa shape index (κ2) is 8.03. The fourth-order valence-corrected chi connectivity index (χ4v) is 0.661. The fourth-order valence-electron chi connectivity index (χ4n) is 0.661. The van der Waals surface area contributed by atoms with Gasteiger partial charge in [0.2, 0.25) is 0 Å². The van der Waals surface area contributed by atoms with E-state index in [9.17, 15) is 4.79 Å². The number of hydrogen-bond donors (Lipinski definition) is 2. The molecule has 0 saturated carbocycles. The molecule has 2 N–H and O–H groups in total. The highest BCUT2D eigenvalue weighted by Gasteiger charge is 1.98. The molecule has 0 aliphatic heterocycles. The minimum atomic E-state index is -0.821. The number of aromatic nitrogens is 3. The number of hydrogen-bond acceptors (Lipinski definition) is 4. The van der Waals surface area contributed by atoms with E-state index in [1.54, 1.807) is 0 Å². The summed E-state index contributed by atoms with van der Waals surface area (Å²) in [5.74, 6) is -0.431. The van der Waals surface area contributed by atoms with Crippen LogP contribution in [-0.2, 0) is 4.79 Å². The van der Waals surface area contributed by atoms with E-state index in [-0.39, 0.29) is 6.42 Å². The Labute approximate surface area is 82.3 Å². The second-order valence-electron chi connectivity index (χ2n) is 2.15. The Morgan fingerprint density at radius 3 is 2.86 bits per heavy atom. The lowest BCUT2D eigenvalue weighted by molar-refractivity contribution is -0.137. The van der Waals surface area contributed by atoms with E-state index in [0.29, 0.717) is 18.9 Å². The molecular formula is C8H15N3O3. The summed E-state index contributed by atoms with van der Waals surface area (Å²) in [5.41, 5.74) is 0. The molecule has 0 bridgehead atoms. The highest BCUT2D eigenvalue weighted by Crippen LogP contribution is 2.00. The molecule has 6 nitrogen and oxygen atoms in total. The molecule has 6 heteroatoms. The van der Waals surface area contributed by atoms with E-state index < -0.39 is 5.97 Å². The number of aromatic amines is 1. The molecule has 1 rings (SSSR count). The molecule has 0 aliphatic carbocycles. The lowest BCUT2D eigenvalue weighted by Crippen LogP contribution is -2.02. The molecule has 0 aliphatic rings. The first-order chi connectivity index (χ1) is 6.79. The Morgan fingerprint density at radius 1 is 1.64 bits per heavy atom. The monoisotopic (exact) mass is 201 g/mol. The number of nitrogens with one attached hydrogen (secondary N) is 1. The molecule has 0 atom stereocenters. The molecule has 0 aromatic carbocycles. The van der Waals surface area contributed by atoms with Gasteiger partial charge in [0.05, 0.1) is 6.61 Å². The summed E-state index contributed by atoms with van der Waals surface area (Å²) in [5, 5.41) is 17.8. The smallest absolute Gasteiger partial charge is 0.303 e. The first kappa shape index (κ1) is 12.4. The van der Waals surface area contributed by atoms with Crippen molar-refractivity contribution >= 4 is 5.97 Å². The third-order valence-corrected chi connectivity index (χ3v) is 1.18. The minimum absolute atomic E-state index is 0.109. The molecule has 1 aromatic heterocycles. The van der Waals surface area contributed by atoms with Gasteiger partial charge in [-0.2, -0.15) is 10.3 Å². The number of H-pyrrole nitrogens is 1. The summed E-state index contributed by atoms with van der Waals surface area (Å²) in [6, 6.07) is 0. The van der Waals surface area contributed by atoms with Gasteiger partial charge < -0.3 is 9.84 Å². The maximum atomic E-state index is 10.1. The van der Waals surface area contributed by atoms with Crippen LogP contribution in [0.25, 0.3) is 0 Å². The molecule has 1 aromatic rings. The molecule has 0 fully saturated rings. The maximum absolute atomic E-state index is 10.1. The van der Waals surface area contributed by atoms with Crippen LogP contribution in [0.3, 0.4) is 0 Å². The van der Waals surface area contributed by atoms with Crippen LogP contribution >= 0.6 is 0 Å². The molecule has 0 unspecified atom stereocenters. The Hall–Kier alpha value is -1.59. The van der Waals surface area contributed by atoms with Crippen molar-refractivity contribution < 1.29 is 14.6 Å². The molecule has 14 heavy (non-hydrogen) atoms. The van der Waals surface area contributed by atoms with Crippen LogP contribution in [0.15, 0.2) is 6.20 Å². The molecule has 0 amide bonds. The zero-order valence-corrected chi connectivity index (χ0v) is 8.36. The normalized spacial score (nSPS) is 8.71. The number of nitrogens with zero attached hydrogens (tertiary/aromatic N) is 2. The van der Waals surface area contributed by atoms with Crippen molar-refractivity contribution in [1.29, 1.82) is 0 Å². The summed E-state index contributed by atoms with van der Waals surface area (Å²) < 4.78 is 5.03. The van der Waals surface area contributed by atoms with Crippen LogP contribution in [0.2, 0.25) is 0 Å². The van der Waals surface area contributed by atoms with Gasteiger partial charge in [0.1, 0.15) is 6.20 Å². The number of aliphatic carboxylic acids is 1. The maximum Gasteiger partial charge on any atom is 0.303 e. The Kier molecular flexibility index (Phi) is 7.12. The first-order valence-electron chi connectivity index (χ1n) is 4.49. The Morgan fingerprint density at radius 2 is 2.36 bits per heavy atom. The number of ether oxygens (including phenoxy) is 1. The van der Waals surface area contributed by atoms with Gasteiger partial charge in [-0.05, 0) is 6.42 Å². The van der Waals surface area contributed by atoms with Crippen LogP contribution in [-0.4, -0.2) is 33.1 Å². The van der Waals surface area contributed by atoms with Gasteiger partial charge in [-0.15, -0.1) is 5.10 Å². The standard InChI is InChI=1S/C6H9N3O3.C2H6/c10-6(11)2-1-3-12-5-4-7-9-8-5;1-2/h4H,1-3H2,(H,10,11)(H,7,8,9);1-2H3. The summed E-state index contributed by atoms with van der Waals surface area (Å²) in [6.07, 6.45) is 2.01. The average molecular weight is 201 g/mol. The lowest BCUT2D eigenvalue weighted by atomic mass is 10.3. The molecule has 0 spiro atoms. The summed E-state index contributed by atoms with van der Waals surface area (Å²) >= 11 is 0. The van der Waals surface area contributed by atoms with Gasteiger partial charge in [0, 0.05) is 6.42 Å². The topological polar surface area (TPSA) is 88.1 Å². The minimum Gasteiger partial charge on any atom is -0.481 e. The van der Waals surface area contributed by atoms with E-state index in [1.807, 2.05) is 13.8 Å². The zero-order chi connectivity index (χ0) is 10.8. The van der Waals surface area contributed by atoms with Crippen molar-refractivity contribution in [3.8, 4) is 5.88 Å². The van der Waals surface area contributed by atoms with Crippen molar-refractivity contribution in [2.75, 3.05) is 6.61 Å². The average Bonchev–Trinajstić information content (AvgIpc) is 2.68. The van der Waals surface area contributed by atoms with Crippen molar-refractivity contribution in [2.24, 2.45) is 0 Å². The van der Waals surface area contributed by atoms with Crippen molar-refractivity contribution in [1.82, 2.24) is 15.4 Å². The van der Waals surface area contributed by atoms with Crippen molar-refractivity contribution in [3.05, 3.63) is 6.20 Å². The largest absolute Gasteiger partial charge is 0.481 e. The van der Waals surface area contributed by atoms with Crippen LogP contribution in [0.4, 0.5) is 0 Å². The fraction of sp³-hybridized carbons (Fsp3) is 0.625. The highest BCUT2D eigenvalue weighted by molar-refractivity contribution is 5.66. The SMILES string of the molecule is CC.O=C(O)CCCOc1cn[nH]n1. The summed E-state index contributed by atoms with van der Waals surface area (Å²) in [6.45, 7) is 4.35. The number of carboxylic acids is 1. The van der Waals surface area contributed by atoms with Crippen LogP contribution in [0, 0.1) is 0 Å². The molecule has 80 valence electrons. The number of rotatable bonds is 5. The predicted octanol–water partition coefficient (Wildman–Crippen LogP) is 1.07. The van der Waals surface area contributed by atoms with E-state index in [4.69, 9.17) is 9.84 Å². The van der Waals surface area contributed by atoms with Gasteiger partial charge >= 0.3 is 5.97 Å². The summed E-state index contributed by atoms with van der Waals surface area (Å²) in [7, 11) is 0. The summed E-state index contributed by atoms with van der Waals surface area (Å²) in [4.78, 5) is 10.1. The van der Waals surface area contributed by atoms with Gasteiger partial charge in [-0.1, -0.05) is 13.8 Å². The van der Waals surface area contributed by atoms with Gasteiger partial charge in [-0.3, -0.25) is 4.79 Å². The first-order valence-corrected chi connectivity index (χ1v) is 4.49. The van der Waals surface area contributed by atoms with E-state index in [2.05, 4.69) is 15.4 Å². The zero-order valence-electron chi connectivity index (χ0n) is 8.36. The van der Waals surface area contributed by atoms with E-state index in [1.165, 1.54) is 6.20 Å². The Bertz CT molecular complexity index is 236. The van der Waals surface area contributed by atoms with E-state index >= 15 is 0 Å². The molecule has 1 heterocycles. The highest BCUT2D eigenvalue weighted by atomic mass is 16.5. The van der Waals surface area contributed by atoms with Crippen LogP contribution < -0.4 is 4.74 Å². The Balaban J connectivity index is 0.000000791. The van der Waals surface area contributed by atoms with Crippen LogP contribution in [0.1, 0.15) is 26.7 Å². The van der Waals surface area contributed by atoms with Gasteiger partial charge in [0.15, 0.2) is 0 Å². The third kappa shape index (κ3) is 5.99. The van der Waals surface area contributed by atoms with Crippen molar-refractivity contribution in [3.63, 3.8) is 0 Å².